The number of benzene rings is 2. The number of nitro groups is 1. The molecule has 1 aliphatic heterocycles. The molecule has 150 valence electrons. The lowest BCUT2D eigenvalue weighted by atomic mass is 9.91. The fourth-order valence-corrected chi connectivity index (χ4v) is 3.60. The summed E-state index contributed by atoms with van der Waals surface area (Å²) in [4.78, 5) is 10.8. The van der Waals surface area contributed by atoms with E-state index in [1.54, 1.807) is 16.8 Å². The predicted octanol–water partition coefficient (Wildman–Crippen LogP) is 3.65. The number of fused-ring (bicyclic) bond motifs is 1. The van der Waals surface area contributed by atoms with Gasteiger partial charge in [-0.2, -0.15) is 10.4 Å². The van der Waals surface area contributed by atoms with Crippen LogP contribution in [0, 0.1) is 28.4 Å². The maximum Gasteiger partial charge on any atom is 0.270 e. The lowest BCUT2D eigenvalue weighted by Gasteiger charge is -2.24. The number of nitrogens with two attached hydrogens (primary N) is 1. The Kier molecular flexibility index (Phi) is 4.82. The summed E-state index contributed by atoms with van der Waals surface area (Å²) in [5, 5.41) is 25.6. The number of ether oxygens (including phenoxy) is 1. The number of aromatic nitrogens is 2. The molecular formula is C22H19N5O3. The Balaban J connectivity index is 1.94. The zero-order valence-corrected chi connectivity index (χ0v) is 16.5. The second-order valence-electron chi connectivity index (χ2n) is 6.94. The van der Waals surface area contributed by atoms with E-state index < -0.39 is 11.2 Å². The number of aryl methyl sites for hydroxylation is 2. The lowest BCUT2D eigenvalue weighted by molar-refractivity contribution is -0.384. The summed E-state index contributed by atoms with van der Waals surface area (Å²) < 4.78 is 7.54. The molecular weight excluding hydrogens is 382 g/mol. The summed E-state index contributed by atoms with van der Waals surface area (Å²) in [5.41, 5.74) is 10.5. The maximum absolute atomic E-state index is 11.3. The van der Waals surface area contributed by atoms with Gasteiger partial charge >= 0.3 is 0 Å². The molecule has 0 bridgehead atoms. The van der Waals surface area contributed by atoms with Crippen molar-refractivity contribution in [1.29, 1.82) is 5.26 Å². The summed E-state index contributed by atoms with van der Waals surface area (Å²) in [6, 6.07) is 16.2. The van der Waals surface area contributed by atoms with E-state index in [4.69, 9.17) is 10.5 Å². The third kappa shape index (κ3) is 3.11. The van der Waals surface area contributed by atoms with E-state index in [1.807, 2.05) is 31.2 Å². The predicted molar refractivity (Wildman–Crippen MR) is 111 cm³/mol. The molecule has 1 unspecified atom stereocenters. The van der Waals surface area contributed by atoms with Gasteiger partial charge in [-0.25, -0.2) is 4.68 Å². The molecule has 0 radical (unpaired) electrons. The molecule has 0 aliphatic carbocycles. The van der Waals surface area contributed by atoms with Crippen LogP contribution in [0.15, 0.2) is 54.1 Å². The molecule has 2 aromatic carbocycles. The molecule has 1 aliphatic rings. The minimum absolute atomic E-state index is 0.0703. The average Bonchev–Trinajstić information content (AvgIpc) is 3.08. The van der Waals surface area contributed by atoms with Crippen LogP contribution < -0.4 is 10.5 Å². The molecule has 1 aromatic heterocycles. The Labute approximate surface area is 173 Å². The average molecular weight is 401 g/mol. The fraction of sp³-hybridized carbons (Fsp3) is 0.182. The minimum atomic E-state index is -1.01. The van der Waals surface area contributed by atoms with E-state index in [9.17, 15) is 15.4 Å². The van der Waals surface area contributed by atoms with Gasteiger partial charge in [-0.15, -0.1) is 0 Å². The monoisotopic (exact) mass is 401 g/mol. The Morgan fingerprint density at radius 2 is 2.03 bits per heavy atom. The molecule has 8 nitrogen and oxygen atoms in total. The second kappa shape index (κ2) is 7.46. The highest BCUT2D eigenvalue weighted by Gasteiger charge is 2.33. The van der Waals surface area contributed by atoms with Gasteiger partial charge in [-0.3, -0.25) is 15.8 Å². The zero-order valence-electron chi connectivity index (χ0n) is 16.5. The zero-order chi connectivity index (χ0) is 21.4. The highest BCUT2D eigenvalue weighted by Crippen LogP contribution is 2.42. The summed E-state index contributed by atoms with van der Waals surface area (Å²) in [6.07, 6.45) is -0.0927. The topological polar surface area (TPSA) is 120 Å². The number of nitro benzene ring substituents is 1. The Morgan fingerprint density at radius 3 is 2.67 bits per heavy atom. The first-order valence-corrected chi connectivity index (χ1v) is 9.45. The van der Waals surface area contributed by atoms with Crippen molar-refractivity contribution >= 4 is 11.3 Å². The molecule has 2 heterocycles. The van der Waals surface area contributed by atoms with Crippen molar-refractivity contribution in [1.82, 2.24) is 9.78 Å². The van der Waals surface area contributed by atoms with Crippen LogP contribution in [0.1, 0.15) is 29.3 Å². The van der Waals surface area contributed by atoms with E-state index in [-0.39, 0.29) is 11.3 Å². The molecule has 30 heavy (non-hydrogen) atoms. The first-order valence-electron chi connectivity index (χ1n) is 9.45. The first-order chi connectivity index (χ1) is 14.4. The normalized spacial score (nSPS) is 15.3. The number of non-ortho nitro benzene ring substituents is 1. The molecule has 1 atom stereocenters. The molecule has 2 N–H and O–H groups in total. The molecule has 0 amide bonds. The molecule has 8 heteroatoms. The van der Waals surface area contributed by atoms with Crippen LogP contribution in [0.4, 0.5) is 5.69 Å². The van der Waals surface area contributed by atoms with Gasteiger partial charge in [0.2, 0.25) is 5.88 Å². The van der Waals surface area contributed by atoms with Crippen molar-refractivity contribution in [3.8, 4) is 17.6 Å². The first kappa shape index (κ1) is 19.4. The molecule has 0 saturated carbocycles. The van der Waals surface area contributed by atoms with Gasteiger partial charge in [-0.05, 0) is 36.6 Å². The van der Waals surface area contributed by atoms with E-state index in [1.165, 1.54) is 17.7 Å². The highest BCUT2D eigenvalue weighted by molar-refractivity contribution is 5.89. The van der Waals surface area contributed by atoms with Gasteiger partial charge in [-0.1, -0.05) is 31.2 Å². The number of nitrogens with zero attached hydrogens (tertiary/aromatic N) is 4. The fourth-order valence-electron chi connectivity index (χ4n) is 3.60. The van der Waals surface area contributed by atoms with Crippen molar-refractivity contribution < 1.29 is 9.66 Å². The van der Waals surface area contributed by atoms with E-state index in [0.29, 0.717) is 28.3 Å². The lowest BCUT2D eigenvalue weighted by Crippen LogP contribution is -2.33. The van der Waals surface area contributed by atoms with E-state index in [2.05, 4.69) is 18.1 Å². The number of nitriles is 1. The number of hydrogen-bond acceptors (Lipinski definition) is 6. The highest BCUT2D eigenvalue weighted by atomic mass is 16.6. The van der Waals surface area contributed by atoms with Crippen LogP contribution in [0.25, 0.3) is 11.3 Å². The minimum Gasteiger partial charge on any atom is -0.453 e. The van der Waals surface area contributed by atoms with Gasteiger partial charge in [0.05, 0.1) is 27.4 Å². The standard InChI is InChI=1S/C22H19N5O3/c1-3-14-7-9-16(10-8-14)26-22-19(13(2)25-26)20(18(12-23)21(24)30-22)15-5-4-6-17(11-15)27(28)29/h4-11,21H,3,24H2,1-2H3. The molecule has 0 fully saturated rings. The molecule has 0 saturated heterocycles. The SMILES string of the molecule is CCc1ccc(-n2nc(C)c3c2OC(N)C(C#N)=C3c2cccc([N+](=O)[O-])c2)cc1. The Hall–Kier alpha value is -3.96. The van der Waals surface area contributed by atoms with Gasteiger partial charge in [0.25, 0.3) is 5.69 Å². The number of hydrogen-bond donors (Lipinski definition) is 1. The van der Waals surface area contributed by atoms with E-state index in [0.717, 1.165) is 12.1 Å². The molecule has 4 rings (SSSR count). The van der Waals surface area contributed by atoms with Crippen molar-refractivity contribution in [2.24, 2.45) is 5.73 Å². The van der Waals surface area contributed by atoms with Crippen LogP contribution in [-0.4, -0.2) is 20.9 Å². The summed E-state index contributed by atoms with van der Waals surface area (Å²) in [6.45, 7) is 3.89. The number of rotatable bonds is 4. The van der Waals surface area contributed by atoms with Crippen molar-refractivity contribution in [3.05, 3.63) is 86.6 Å². The quantitative estimate of drug-likeness (QED) is 0.526. The van der Waals surface area contributed by atoms with Crippen LogP contribution in [-0.2, 0) is 6.42 Å². The summed E-state index contributed by atoms with van der Waals surface area (Å²) in [7, 11) is 0. The van der Waals surface area contributed by atoms with Gasteiger partial charge in [0.1, 0.15) is 6.07 Å². The smallest absolute Gasteiger partial charge is 0.270 e. The molecule has 0 spiro atoms. The molecule has 3 aromatic rings. The summed E-state index contributed by atoms with van der Waals surface area (Å²) in [5.74, 6) is 0.407. The van der Waals surface area contributed by atoms with Crippen molar-refractivity contribution in [2.45, 2.75) is 26.5 Å². The van der Waals surface area contributed by atoms with Gasteiger partial charge in [0, 0.05) is 17.7 Å². The largest absolute Gasteiger partial charge is 0.453 e. The Morgan fingerprint density at radius 1 is 1.30 bits per heavy atom. The second-order valence-corrected chi connectivity index (χ2v) is 6.94. The summed E-state index contributed by atoms with van der Waals surface area (Å²) >= 11 is 0. The van der Waals surface area contributed by atoms with Crippen LogP contribution in [0.3, 0.4) is 0 Å². The van der Waals surface area contributed by atoms with Gasteiger partial charge in [0.15, 0.2) is 6.23 Å². The van der Waals surface area contributed by atoms with Crippen LogP contribution in [0.2, 0.25) is 0 Å². The third-order valence-electron chi connectivity index (χ3n) is 5.12. The van der Waals surface area contributed by atoms with E-state index >= 15 is 0 Å². The van der Waals surface area contributed by atoms with Crippen molar-refractivity contribution in [3.63, 3.8) is 0 Å². The maximum atomic E-state index is 11.3. The van der Waals surface area contributed by atoms with Gasteiger partial charge < -0.3 is 4.74 Å². The van der Waals surface area contributed by atoms with Crippen LogP contribution >= 0.6 is 0 Å². The van der Waals surface area contributed by atoms with Crippen molar-refractivity contribution in [2.75, 3.05) is 0 Å². The third-order valence-corrected chi connectivity index (χ3v) is 5.12. The Bertz CT molecular complexity index is 1220. The van der Waals surface area contributed by atoms with Crippen LogP contribution in [0.5, 0.6) is 5.88 Å².